The lowest BCUT2D eigenvalue weighted by Crippen LogP contribution is -2.46. The van der Waals surface area contributed by atoms with E-state index in [0.717, 1.165) is 25.9 Å². The number of aliphatic hydroxyl groups excluding tert-OH is 1. The van der Waals surface area contributed by atoms with E-state index in [2.05, 4.69) is 53.2 Å². The molecule has 2 aliphatic rings. The zero-order chi connectivity index (χ0) is 15.2. The van der Waals surface area contributed by atoms with Crippen LogP contribution in [0.25, 0.3) is 10.9 Å². The van der Waals surface area contributed by atoms with Crippen LogP contribution >= 0.6 is 0 Å². The van der Waals surface area contributed by atoms with Crippen LogP contribution in [0.1, 0.15) is 37.1 Å². The van der Waals surface area contributed by atoms with Crippen molar-refractivity contribution in [1.82, 2.24) is 9.88 Å². The molecule has 1 aromatic heterocycles. The summed E-state index contributed by atoms with van der Waals surface area (Å²) < 4.78 is 0. The first-order valence-corrected chi connectivity index (χ1v) is 8.41. The van der Waals surface area contributed by atoms with Crippen LogP contribution in [0.3, 0.4) is 0 Å². The summed E-state index contributed by atoms with van der Waals surface area (Å²) in [5.41, 5.74) is 4.33. The second-order valence-electron chi connectivity index (χ2n) is 6.67. The highest BCUT2D eigenvalue weighted by atomic mass is 16.3. The molecular formula is C19H24N2O. The fourth-order valence-corrected chi connectivity index (χ4v) is 4.60. The zero-order valence-corrected chi connectivity index (χ0v) is 13.2. The SMILES string of the molecule is CC[C@]12C=CCN(CCO)[C@H]1c1c([nH]c3ccccc13)CC2. The van der Waals surface area contributed by atoms with E-state index < -0.39 is 0 Å². The van der Waals surface area contributed by atoms with Gasteiger partial charge < -0.3 is 10.1 Å². The second kappa shape index (κ2) is 5.25. The van der Waals surface area contributed by atoms with Gasteiger partial charge in [0.25, 0.3) is 0 Å². The Bertz CT molecular complexity index is 717. The molecular weight excluding hydrogens is 272 g/mol. The van der Waals surface area contributed by atoms with E-state index in [-0.39, 0.29) is 12.0 Å². The van der Waals surface area contributed by atoms with Gasteiger partial charge in [0.05, 0.1) is 6.61 Å². The number of aliphatic hydroxyl groups is 1. The van der Waals surface area contributed by atoms with E-state index in [1.165, 1.54) is 28.6 Å². The summed E-state index contributed by atoms with van der Waals surface area (Å²) in [5.74, 6) is 0. The van der Waals surface area contributed by atoms with Gasteiger partial charge in [-0.2, -0.15) is 0 Å². The predicted octanol–water partition coefficient (Wildman–Crippen LogP) is 3.42. The first-order chi connectivity index (χ1) is 10.8. The van der Waals surface area contributed by atoms with E-state index in [0.29, 0.717) is 6.04 Å². The van der Waals surface area contributed by atoms with Gasteiger partial charge in [-0.15, -0.1) is 0 Å². The maximum Gasteiger partial charge on any atom is 0.0558 e. The van der Waals surface area contributed by atoms with Crippen molar-refractivity contribution in [1.29, 1.82) is 0 Å². The molecule has 2 aromatic rings. The number of fused-ring (bicyclic) bond motifs is 5. The maximum atomic E-state index is 9.50. The molecule has 1 aliphatic carbocycles. The van der Waals surface area contributed by atoms with Gasteiger partial charge >= 0.3 is 0 Å². The fraction of sp³-hybridized carbons (Fsp3) is 0.474. The molecule has 3 heteroatoms. The lowest BCUT2D eigenvalue weighted by Gasteiger charge is -2.49. The molecule has 1 aliphatic heterocycles. The lowest BCUT2D eigenvalue weighted by molar-refractivity contribution is 0.0587. The minimum atomic E-state index is 0.214. The molecule has 3 nitrogen and oxygen atoms in total. The molecule has 0 bridgehead atoms. The number of nitrogens with zero attached hydrogens (tertiary/aromatic N) is 1. The minimum Gasteiger partial charge on any atom is -0.395 e. The number of H-pyrrole nitrogens is 1. The number of β-amino-alcohol motifs (C(OH)–C–C–N with tert-alkyl or cyclic N) is 1. The Labute approximate surface area is 131 Å². The van der Waals surface area contributed by atoms with Crippen molar-refractivity contribution in [2.45, 2.75) is 32.2 Å². The topological polar surface area (TPSA) is 39.3 Å². The first kappa shape index (κ1) is 14.0. The molecule has 0 saturated heterocycles. The normalized spacial score (nSPS) is 27.8. The fourth-order valence-electron chi connectivity index (χ4n) is 4.60. The van der Waals surface area contributed by atoms with Crippen LogP contribution in [0, 0.1) is 5.41 Å². The average Bonchev–Trinajstić information content (AvgIpc) is 2.93. The van der Waals surface area contributed by atoms with Gasteiger partial charge in [0.1, 0.15) is 0 Å². The number of hydrogen-bond acceptors (Lipinski definition) is 2. The van der Waals surface area contributed by atoms with Crippen molar-refractivity contribution in [3.8, 4) is 0 Å². The summed E-state index contributed by atoms with van der Waals surface area (Å²) >= 11 is 0. The van der Waals surface area contributed by atoms with Crippen LogP contribution in [-0.2, 0) is 6.42 Å². The molecule has 0 radical (unpaired) electrons. The number of nitrogens with one attached hydrogen (secondary N) is 1. The molecule has 1 aromatic carbocycles. The Morgan fingerprint density at radius 3 is 3.05 bits per heavy atom. The van der Waals surface area contributed by atoms with Crippen molar-refractivity contribution >= 4 is 10.9 Å². The van der Waals surface area contributed by atoms with Gasteiger partial charge in [-0.25, -0.2) is 0 Å². The van der Waals surface area contributed by atoms with Gasteiger partial charge in [0.15, 0.2) is 0 Å². The van der Waals surface area contributed by atoms with Crippen LogP contribution in [-0.4, -0.2) is 34.7 Å². The Kier molecular flexibility index (Phi) is 3.35. The van der Waals surface area contributed by atoms with Gasteiger partial charge in [-0.3, -0.25) is 4.90 Å². The number of rotatable bonds is 3. The summed E-state index contributed by atoms with van der Waals surface area (Å²) in [7, 11) is 0. The highest BCUT2D eigenvalue weighted by molar-refractivity contribution is 5.85. The molecule has 0 amide bonds. The van der Waals surface area contributed by atoms with Crippen LogP contribution in [0.4, 0.5) is 0 Å². The number of benzene rings is 1. The van der Waals surface area contributed by atoms with Crippen LogP contribution in [0.5, 0.6) is 0 Å². The Morgan fingerprint density at radius 2 is 2.23 bits per heavy atom. The third-order valence-electron chi connectivity index (χ3n) is 5.69. The van der Waals surface area contributed by atoms with E-state index in [9.17, 15) is 5.11 Å². The van der Waals surface area contributed by atoms with Gasteiger partial charge in [0, 0.05) is 41.1 Å². The summed E-state index contributed by atoms with van der Waals surface area (Å²) in [5, 5.41) is 10.9. The predicted molar refractivity (Wildman–Crippen MR) is 89.9 cm³/mol. The molecule has 0 spiro atoms. The summed E-state index contributed by atoms with van der Waals surface area (Å²) in [6, 6.07) is 9.04. The summed E-state index contributed by atoms with van der Waals surface area (Å²) in [6.45, 7) is 4.21. The van der Waals surface area contributed by atoms with E-state index in [1.807, 2.05) is 0 Å². The monoisotopic (exact) mass is 296 g/mol. The highest BCUT2D eigenvalue weighted by Crippen LogP contribution is 2.53. The number of hydrogen-bond donors (Lipinski definition) is 2. The number of aromatic nitrogens is 1. The smallest absolute Gasteiger partial charge is 0.0558 e. The van der Waals surface area contributed by atoms with Crippen LogP contribution in [0.2, 0.25) is 0 Å². The van der Waals surface area contributed by atoms with Crippen molar-refractivity contribution in [3.63, 3.8) is 0 Å². The van der Waals surface area contributed by atoms with Gasteiger partial charge in [-0.05, 0) is 30.9 Å². The first-order valence-electron chi connectivity index (χ1n) is 8.41. The van der Waals surface area contributed by atoms with E-state index >= 15 is 0 Å². The Morgan fingerprint density at radius 1 is 1.36 bits per heavy atom. The van der Waals surface area contributed by atoms with Crippen molar-refractivity contribution in [2.75, 3.05) is 19.7 Å². The molecule has 4 rings (SSSR count). The Balaban J connectivity index is 1.93. The van der Waals surface area contributed by atoms with E-state index in [1.54, 1.807) is 0 Å². The quantitative estimate of drug-likeness (QED) is 0.852. The highest BCUT2D eigenvalue weighted by Gasteiger charge is 2.46. The summed E-state index contributed by atoms with van der Waals surface area (Å²) in [6.07, 6.45) is 8.21. The number of para-hydroxylation sites is 1. The minimum absolute atomic E-state index is 0.214. The van der Waals surface area contributed by atoms with Gasteiger partial charge in [0.2, 0.25) is 0 Å². The molecule has 0 fully saturated rings. The molecule has 2 atom stereocenters. The molecule has 22 heavy (non-hydrogen) atoms. The molecule has 0 unspecified atom stereocenters. The number of aryl methyl sites for hydroxylation is 1. The standard InChI is InChI=1S/C19H24N2O/c1-2-19-9-5-11-21(12-13-22)18(19)17-14-6-3-4-7-15(14)20-16(17)8-10-19/h3-7,9,18,20,22H,2,8,10-13H2,1H3/t18-,19+/m0/s1. The largest absolute Gasteiger partial charge is 0.395 e. The average molecular weight is 296 g/mol. The third kappa shape index (κ3) is 1.89. The van der Waals surface area contributed by atoms with Crippen molar-refractivity contribution < 1.29 is 5.11 Å². The third-order valence-corrected chi connectivity index (χ3v) is 5.69. The molecule has 2 heterocycles. The Hall–Kier alpha value is -1.58. The maximum absolute atomic E-state index is 9.50. The second-order valence-corrected chi connectivity index (χ2v) is 6.67. The molecule has 116 valence electrons. The van der Waals surface area contributed by atoms with Gasteiger partial charge in [-0.1, -0.05) is 37.3 Å². The van der Waals surface area contributed by atoms with E-state index in [4.69, 9.17) is 0 Å². The zero-order valence-electron chi connectivity index (χ0n) is 13.2. The molecule has 0 saturated carbocycles. The van der Waals surface area contributed by atoms with Crippen molar-refractivity contribution in [2.24, 2.45) is 5.41 Å². The molecule has 2 N–H and O–H groups in total. The lowest BCUT2D eigenvalue weighted by atomic mass is 9.65. The summed E-state index contributed by atoms with van der Waals surface area (Å²) in [4.78, 5) is 6.10. The van der Waals surface area contributed by atoms with Crippen LogP contribution < -0.4 is 0 Å². The number of aromatic amines is 1. The van der Waals surface area contributed by atoms with Crippen molar-refractivity contribution in [3.05, 3.63) is 47.7 Å². The van der Waals surface area contributed by atoms with Crippen LogP contribution in [0.15, 0.2) is 36.4 Å².